The van der Waals surface area contributed by atoms with E-state index < -0.39 is 0 Å². The van der Waals surface area contributed by atoms with Crippen molar-refractivity contribution < 1.29 is 9.53 Å². The van der Waals surface area contributed by atoms with Crippen LogP contribution in [0.1, 0.15) is 29.5 Å². The molecule has 2 heterocycles. The second kappa shape index (κ2) is 6.51. The Morgan fingerprint density at radius 3 is 2.90 bits per heavy atom. The van der Waals surface area contributed by atoms with Gasteiger partial charge in [0.25, 0.3) is 0 Å². The lowest BCUT2D eigenvalue weighted by molar-refractivity contribution is -0.115. The summed E-state index contributed by atoms with van der Waals surface area (Å²) < 4.78 is 5.55. The molecule has 7 heteroatoms. The topological polar surface area (TPSA) is 64.1 Å². The van der Waals surface area contributed by atoms with Gasteiger partial charge in [0, 0.05) is 11.6 Å². The first kappa shape index (κ1) is 14.4. The number of anilines is 1. The molecule has 21 heavy (non-hydrogen) atoms. The lowest BCUT2D eigenvalue weighted by Crippen LogP contribution is -2.14. The summed E-state index contributed by atoms with van der Waals surface area (Å²) in [5.74, 6) is -0.118. The molecule has 0 unspecified atom stereocenters. The fourth-order valence-electron chi connectivity index (χ4n) is 2.14. The molecule has 110 valence electrons. The fraction of sp³-hybridized carbons (Fsp3) is 0.357. The van der Waals surface area contributed by atoms with Crippen molar-refractivity contribution in [3.05, 3.63) is 39.9 Å². The Kier molecular flexibility index (Phi) is 4.48. The molecular formula is C14H14ClN3O2S. The van der Waals surface area contributed by atoms with Gasteiger partial charge < -0.3 is 10.1 Å². The largest absolute Gasteiger partial charge is 0.371 e. The Bertz CT molecular complexity index is 623. The van der Waals surface area contributed by atoms with Gasteiger partial charge in [-0.05, 0) is 30.5 Å². The molecule has 1 aromatic carbocycles. The summed E-state index contributed by atoms with van der Waals surface area (Å²) in [4.78, 5) is 12.0. The van der Waals surface area contributed by atoms with Gasteiger partial charge in [0.1, 0.15) is 11.1 Å². The number of ether oxygens (including phenoxy) is 1. The van der Waals surface area contributed by atoms with Crippen LogP contribution in [0.2, 0.25) is 5.02 Å². The molecule has 0 spiro atoms. The van der Waals surface area contributed by atoms with Crippen LogP contribution < -0.4 is 5.32 Å². The van der Waals surface area contributed by atoms with Crippen LogP contribution in [0.4, 0.5) is 5.13 Å². The summed E-state index contributed by atoms with van der Waals surface area (Å²) in [6.07, 6.45) is 2.33. The van der Waals surface area contributed by atoms with E-state index in [0.29, 0.717) is 10.2 Å². The zero-order valence-electron chi connectivity index (χ0n) is 11.2. The Labute approximate surface area is 131 Å². The van der Waals surface area contributed by atoms with Crippen molar-refractivity contribution in [2.24, 2.45) is 0 Å². The number of hydrogen-bond donors (Lipinski definition) is 1. The van der Waals surface area contributed by atoms with Crippen molar-refractivity contribution in [2.45, 2.75) is 25.4 Å². The van der Waals surface area contributed by atoms with E-state index in [1.165, 1.54) is 11.3 Å². The van der Waals surface area contributed by atoms with Gasteiger partial charge in [-0.1, -0.05) is 35.1 Å². The van der Waals surface area contributed by atoms with Gasteiger partial charge in [0.05, 0.1) is 6.42 Å². The molecule has 1 aromatic heterocycles. The van der Waals surface area contributed by atoms with Crippen LogP contribution in [0.25, 0.3) is 0 Å². The third-order valence-electron chi connectivity index (χ3n) is 3.17. The van der Waals surface area contributed by atoms with Crippen molar-refractivity contribution in [3.8, 4) is 0 Å². The van der Waals surface area contributed by atoms with Crippen LogP contribution in [-0.2, 0) is 16.0 Å². The highest BCUT2D eigenvalue weighted by Gasteiger charge is 2.22. The molecule has 1 N–H and O–H groups in total. The number of halogens is 1. The summed E-state index contributed by atoms with van der Waals surface area (Å²) in [6, 6.07) is 7.20. The van der Waals surface area contributed by atoms with E-state index in [2.05, 4.69) is 15.5 Å². The van der Waals surface area contributed by atoms with Gasteiger partial charge in [-0.25, -0.2) is 0 Å². The Hall–Kier alpha value is -1.50. The summed E-state index contributed by atoms with van der Waals surface area (Å²) in [5, 5.41) is 12.8. The van der Waals surface area contributed by atoms with Gasteiger partial charge in [-0.2, -0.15) is 0 Å². The highest BCUT2D eigenvalue weighted by atomic mass is 35.5. The Balaban J connectivity index is 1.58. The van der Waals surface area contributed by atoms with Gasteiger partial charge in [0.15, 0.2) is 0 Å². The quantitative estimate of drug-likeness (QED) is 0.938. The van der Waals surface area contributed by atoms with E-state index in [4.69, 9.17) is 16.3 Å². The van der Waals surface area contributed by atoms with Crippen LogP contribution >= 0.6 is 22.9 Å². The lowest BCUT2D eigenvalue weighted by Gasteiger charge is -2.03. The SMILES string of the molecule is O=C(Cc1ccc(Cl)cc1)Nc1nnc([C@@H]2CCCO2)s1. The summed E-state index contributed by atoms with van der Waals surface area (Å²) in [5.41, 5.74) is 0.903. The number of nitrogens with zero attached hydrogens (tertiary/aromatic N) is 2. The molecule has 0 radical (unpaired) electrons. The second-order valence-electron chi connectivity index (χ2n) is 4.80. The normalized spacial score (nSPS) is 17.9. The van der Waals surface area contributed by atoms with E-state index in [0.717, 1.165) is 30.0 Å². The maximum Gasteiger partial charge on any atom is 0.230 e. The minimum Gasteiger partial charge on any atom is -0.371 e. The van der Waals surface area contributed by atoms with Gasteiger partial charge in [0.2, 0.25) is 11.0 Å². The minimum atomic E-state index is -0.118. The molecular weight excluding hydrogens is 310 g/mol. The van der Waals surface area contributed by atoms with Gasteiger partial charge >= 0.3 is 0 Å². The highest BCUT2D eigenvalue weighted by molar-refractivity contribution is 7.15. The van der Waals surface area contributed by atoms with E-state index >= 15 is 0 Å². The molecule has 1 aliphatic rings. The number of benzene rings is 1. The first-order valence-corrected chi connectivity index (χ1v) is 7.89. The van der Waals surface area contributed by atoms with Gasteiger partial charge in [-0.3, -0.25) is 4.79 Å². The van der Waals surface area contributed by atoms with Crippen LogP contribution in [0.3, 0.4) is 0 Å². The van der Waals surface area contributed by atoms with Crippen molar-refractivity contribution in [3.63, 3.8) is 0 Å². The van der Waals surface area contributed by atoms with E-state index in [-0.39, 0.29) is 18.4 Å². The first-order chi connectivity index (χ1) is 10.2. The number of carbonyl (C=O) groups is 1. The smallest absolute Gasteiger partial charge is 0.230 e. The third kappa shape index (κ3) is 3.78. The predicted molar refractivity (Wildman–Crippen MR) is 81.6 cm³/mol. The fourth-order valence-corrected chi connectivity index (χ4v) is 3.11. The van der Waals surface area contributed by atoms with E-state index in [9.17, 15) is 4.79 Å². The summed E-state index contributed by atoms with van der Waals surface area (Å²) in [7, 11) is 0. The number of carbonyl (C=O) groups excluding carboxylic acids is 1. The summed E-state index contributed by atoms with van der Waals surface area (Å²) in [6.45, 7) is 0.766. The molecule has 3 rings (SSSR count). The average Bonchev–Trinajstić information content (AvgIpc) is 3.12. The molecule has 1 saturated heterocycles. The minimum absolute atomic E-state index is 0.0319. The number of rotatable bonds is 4. The third-order valence-corrected chi connectivity index (χ3v) is 4.35. The van der Waals surface area contributed by atoms with E-state index in [1.54, 1.807) is 12.1 Å². The standard InChI is InChI=1S/C14H14ClN3O2S/c15-10-5-3-9(4-6-10)8-12(19)16-14-18-17-13(21-14)11-2-1-7-20-11/h3-6,11H,1-2,7-8H2,(H,16,18,19)/t11-/m0/s1. The van der Waals surface area contributed by atoms with Gasteiger partial charge in [-0.15, -0.1) is 10.2 Å². The summed E-state index contributed by atoms with van der Waals surface area (Å²) >= 11 is 7.19. The van der Waals surface area contributed by atoms with Crippen molar-refractivity contribution >= 4 is 34.0 Å². The number of amides is 1. The molecule has 1 fully saturated rings. The molecule has 0 bridgehead atoms. The molecule has 2 aromatic rings. The molecule has 1 aliphatic heterocycles. The predicted octanol–water partition coefficient (Wildman–Crippen LogP) is 3.22. The molecule has 0 aliphatic carbocycles. The zero-order chi connectivity index (χ0) is 14.7. The van der Waals surface area contributed by atoms with Crippen molar-refractivity contribution in [2.75, 3.05) is 11.9 Å². The number of aromatic nitrogens is 2. The second-order valence-corrected chi connectivity index (χ2v) is 6.24. The van der Waals surface area contributed by atoms with E-state index in [1.807, 2.05) is 12.1 Å². The van der Waals surface area contributed by atoms with Crippen LogP contribution in [0.15, 0.2) is 24.3 Å². The maximum absolute atomic E-state index is 12.0. The highest BCUT2D eigenvalue weighted by Crippen LogP contribution is 2.31. The van der Waals surface area contributed by atoms with Crippen molar-refractivity contribution in [1.29, 1.82) is 0 Å². The van der Waals surface area contributed by atoms with Crippen LogP contribution in [-0.4, -0.2) is 22.7 Å². The Morgan fingerprint density at radius 1 is 1.38 bits per heavy atom. The molecule has 1 amide bonds. The number of hydrogen-bond acceptors (Lipinski definition) is 5. The van der Waals surface area contributed by atoms with Crippen LogP contribution in [0, 0.1) is 0 Å². The monoisotopic (exact) mass is 323 g/mol. The molecule has 0 saturated carbocycles. The average molecular weight is 324 g/mol. The first-order valence-electron chi connectivity index (χ1n) is 6.70. The molecule has 1 atom stereocenters. The Morgan fingerprint density at radius 2 is 2.19 bits per heavy atom. The van der Waals surface area contributed by atoms with Crippen molar-refractivity contribution in [1.82, 2.24) is 10.2 Å². The maximum atomic E-state index is 12.0. The number of nitrogens with one attached hydrogen (secondary N) is 1. The lowest BCUT2D eigenvalue weighted by atomic mass is 10.1. The zero-order valence-corrected chi connectivity index (χ0v) is 12.8. The molecule has 5 nitrogen and oxygen atoms in total. The van der Waals surface area contributed by atoms with Crippen LogP contribution in [0.5, 0.6) is 0 Å².